The van der Waals surface area contributed by atoms with E-state index in [0.717, 1.165) is 5.52 Å². The van der Waals surface area contributed by atoms with Gasteiger partial charge in [-0.05, 0) is 24.3 Å². The van der Waals surface area contributed by atoms with Gasteiger partial charge in [-0.1, -0.05) is 42.5 Å². The van der Waals surface area contributed by atoms with Crippen molar-refractivity contribution in [3.63, 3.8) is 0 Å². The highest BCUT2D eigenvalue weighted by atomic mass is 31.2. The van der Waals surface area contributed by atoms with Crippen molar-refractivity contribution in [1.29, 1.82) is 0 Å². The van der Waals surface area contributed by atoms with E-state index in [1.165, 1.54) is 17.5 Å². The van der Waals surface area contributed by atoms with E-state index in [-0.39, 0.29) is 5.75 Å². The molecule has 0 aliphatic rings. The molecule has 0 spiro atoms. The number of benzene rings is 2. The minimum atomic E-state index is -4.39. The van der Waals surface area contributed by atoms with E-state index in [1.54, 1.807) is 18.2 Å². The summed E-state index contributed by atoms with van der Waals surface area (Å²) in [7, 11) is -4.39. The van der Waals surface area contributed by atoms with Crippen LogP contribution in [0.1, 0.15) is 0 Å². The average molecular weight is 303 g/mol. The number of phosphoric ester groups is 1. The third-order valence-corrected chi connectivity index (χ3v) is 2.93. The molecule has 5 nitrogen and oxygen atoms in total. The van der Waals surface area contributed by atoms with Crippen molar-refractivity contribution >= 4 is 18.7 Å². The van der Waals surface area contributed by atoms with Gasteiger partial charge < -0.3 is 4.52 Å². The molecular weight excluding hydrogens is 289 g/mol. The van der Waals surface area contributed by atoms with Crippen molar-refractivity contribution in [3.05, 3.63) is 72.9 Å². The van der Waals surface area contributed by atoms with Gasteiger partial charge in [0, 0.05) is 11.6 Å². The van der Waals surface area contributed by atoms with Crippen LogP contribution >= 0.6 is 7.82 Å². The highest BCUT2D eigenvalue weighted by Gasteiger charge is 2.14. The Hall–Kier alpha value is -2.20. The van der Waals surface area contributed by atoms with E-state index >= 15 is 0 Å². The highest BCUT2D eigenvalue weighted by molar-refractivity contribution is 7.46. The van der Waals surface area contributed by atoms with Crippen LogP contribution in [0.15, 0.2) is 72.9 Å². The van der Waals surface area contributed by atoms with Gasteiger partial charge in [-0.3, -0.25) is 14.8 Å². The standard InChI is InChI=1S/C9H7N.C6H7O4P/c1-2-6-9-8(4-1)5-3-7-10-9;7-11(8,9)10-6-4-2-1-3-5-6/h1-7H;1-5H,(H2,7,8,9). The van der Waals surface area contributed by atoms with Crippen LogP contribution in [0.2, 0.25) is 0 Å². The molecule has 0 saturated heterocycles. The Labute approximate surface area is 122 Å². The van der Waals surface area contributed by atoms with Crippen LogP contribution in [0.5, 0.6) is 5.75 Å². The van der Waals surface area contributed by atoms with Crippen molar-refractivity contribution in [2.45, 2.75) is 0 Å². The summed E-state index contributed by atoms with van der Waals surface area (Å²) in [6.45, 7) is 0. The van der Waals surface area contributed by atoms with Gasteiger partial charge in [0.2, 0.25) is 0 Å². The lowest BCUT2D eigenvalue weighted by Crippen LogP contribution is -1.88. The summed E-state index contributed by atoms with van der Waals surface area (Å²) >= 11 is 0. The van der Waals surface area contributed by atoms with Gasteiger partial charge in [-0.25, -0.2) is 4.57 Å². The predicted molar refractivity (Wildman–Crippen MR) is 80.9 cm³/mol. The molecule has 0 radical (unpaired) electrons. The van der Waals surface area contributed by atoms with Crippen LogP contribution in [0, 0.1) is 0 Å². The maximum atomic E-state index is 10.3. The molecule has 6 heteroatoms. The molecule has 21 heavy (non-hydrogen) atoms. The van der Waals surface area contributed by atoms with Gasteiger partial charge in [-0.15, -0.1) is 0 Å². The number of aromatic nitrogens is 1. The molecular formula is C15H14NO4P. The van der Waals surface area contributed by atoms with Crippen LogP contribution in [-0.4, -0.2) is 14.8 Å². The molecule has 0 bridgehead atoms. The van der Waals surface area contributed by atoms with Gasteiger partial charge in [0.1, 0.15) is 5.75 Å². The van der Waals surface area contributed by atoms with Gasteiger partial charge in [0.05, 0.1) is 5.52 Å². The maximum Gasteiger partial charge on any atom is 0.524 e. The maximum absolute atomic E-state index is 10.3. The first-order valence-corrected chi connectivity index (χ1v) is 7.67. The lowest BCUT2D eigenvalue weighted by atomic mass is 10.2. The Bertz CT molecular complexity index is 677. The van der Waals surface area contributed by atoms with Crippen molar-refractivity contribution in [3.8, 4) is 5.75 Å². The Morgan fingerprint density at radius 3 is 2.14 bits per heavy atom. The van der Waals surface area contributed by atoms with Crippen LogP contribution in [0.3, 0.4) is 0 Å². The number of para-hydroxylation sites is 2. The number of pyridine rings is 1. The zero-order valence-corrected chi connectivity index (χ0v) is 11.9. The van der Waals surface area contributed by atoms with Gasteiger partial charge >= 0.3 is 7.82 Å². The Balaban J connectivity index is 0.000000154. The van der Waals surface area contributed by atoms with E-state index in [4.69, 9.17) is 9.79 Å². The fraction of sp³-hybridized carbons (Fsp3) is 0. The summed E-state index contributed by atoms with van der Waals surface area (Å²) in [5, 5.41) is 1.20. The molecule has 0 aliphatic heterocycles. The minimum absolute atomic E-state index is 0.167. The SMILES string of the molecule is O=P(O)(O)Oc1ccccc1.c1ccc2ncccc2c1. The molecule has 0 atom stereocenters. The van der Waals surface area contributed by atoms with Crippen molar-refractivity contribution in [2.24, 2.45) is 0 Å². The minimum Gasteiger partial charge on any atom is -0.404 e. The lowest BCUT2D eigenvalue weighted by molar-refractivity contribution is 0.283. The van der Waals surface area contributed by atoms with Crippen molar-refractivity contribution in [2.75, 3.05) is 0 Å². The second kappa shape index (κ2) is 6.99. The first kappa shape index (κ1) is 15.2. The lowest BCUT2D eigenvalue weighted by Gasteiger charge is -2.04. The van der Waals surface area contributed by atoms with E-state index in [9.17, 15) is 4.57 Å². The van der Waals surface area contributed by atoms with Crippen molar-refractivity contribution < 1.29 is 18.9 Å². The topological polar surface area (TPSA) is 79.7 Å². The summed E-state index contributed by atoms with van der Waals surface area (Å²) in [6.07, 6.45) is 1.81. The molecule has 0 saturated carbocycles. The molecule has 3 rings (SSSR count). The summed E-state index contributed by atoms with van der Waals surface area (Å²) in [4.78, 5) is 20.9. The predicted octanol–water partition coefficient (Wildman–Crippen LogP) is 3.39. The quantitative estimate of drug-likeness (QED) is 0.709. The van der Waals surface area contributed by atoms with Crippen molar-refractivity contribution in [1.82, 2.24) is 4.98 Å². The molecule has 0 aliphatic carbocycles. The summed E-state index contributed by atoms with van der Waals surface area (Å²) < 4.78 is 14.5. The zero-order valence-electron chi connectivity index (χ0n) is 11.0. The van der Waals surface area contributed by atoms with E-state index < -0.39 is 7.82 Å². The summed E-state index contributed by atoms with van der Waals surface area (Å²) in [5.74, 6) is 0.167. The van der Waals surface area contributed by atoms with Gasteiger partial charge in [0.15, 0.2) is 0 Å². The first-order chi connectivity index (χ1) is 10.0. The molecule has 0 amide bonds. The normalized spacial score (nSPS) is 10.6. The number of fused-ring (bicyclic) bond motifs is 1. The number of rotatable bonds is 2. The molecule has 0 fully saturated rings. The smallest absolute Gasteiger partial charge is 0.404 e. The molecule has 2 aromatic carbocycles. The summed E-state index contributed by atoms with van der Waals surface area (Å²) in [6, 6.07) is 20.0. The average Bonchev–Trinajstić information content (AvgIpc) is 2.47. The van der Waals surface area contributed by atoms with E-state index in [1.807, 2.05) is 30.5 Å². The molecule has 0 unspecified atom stereocenters. The Morgan fingerprint density at radius 2 is 1.48 bits per heavy atom. The second-order valence-corrected chi connectivity index (χ2v) is 5.25. The van der Waals surface area contributed by atoms with Gasteiger partial charge in [-0.2, -0.15) is 0 Å². The van der Waals surface area contributed by atoms with E-state index in [2.05, 4.69) is 21.6 Å². The fourth-order valence-corrected chi connectivity index (χ4v) is 2.03. The van der Waals surface area contributed by atoms with E-state index in [0.29, 0.717) is 0 Å². The molecule has 1 heterocycles. The highest BCUT2D eigenvalue weighted by Crippen LogP contribution is 2.36. The van der Waals surface area contributed by atoms with Crippen LogP contribution in [0.25, 0.3) is 10.9 Å². The van der Waals surface area contributed by atoms with Crippen LogP contribution in [0.4, 0.5) is 0 Å². The number of nitrogens with zero attached hydrogens (tertiary/aromatic N) is 1. The molecule has 3 aromatic rings. The first-order valence-electron chi connectivity index (χ1n) is 6.14. The monoisotopic (exact) mass is 303 g/mol. The van der Waals surface area contributed by atoms with Crippen LogP contribution in [-0.2, 0) is 4.57 Å². The zero-order chi connectivity index (χ0) is 15.1. The second-order valence-electron chi connectivity index (χ2n) is 4.09. The Kier molecular flexibility index (Phi) is 5.06. The number of phosphoric acid groups is 1. The molecule has 2 N–H and O–H groups in total. The Morgan fingerprint density at radius 1 is 0.857 bits per heavy atom. The molecule has 1 aromatic heterocycles. The number of hydrogen-bond acceptors (Lipinski definition) is 3. The number of hydrogen-bond donors (Lipinski definition) is 2. The summed E-state index contributed by atoms with van der Waals surface area (Å²) in [5.41, 5.74) is 1.06. The third kappa shape index (κ3) is 5.36. The van der Waals surface area contributed by atoms with Gasteiger partial charge in [0.25, 0.3) is 0 Å². The largest absolute Gasteiger partial charge is 0.524 e. The molecule has 108 valence electrons. The fourth-order valence-electron chi connectivity index (χ4n) is 1.63. The third-order valence-electron chi connectivity index (χ3n) is 2.48. The van der Waals surface area contributed by atoms with Crippen LogP contribution < -0.4 is 4.52 Å².